The molecule has 3 nitrogen and oxygen atoms in total. The first-order valence-corrected chi connectivity index (χ1v) is 4.37. The van der Waals surface area contributed by atoms with Crippen LogP contribution in [0.5, 0.6) is 0 Å². The maximum Gasteiger partial charge on any atom is 0.207 e. The van der Waals surface area contributed by atoms with E-state index < -0.39 is 0 Å². The zero-order valence-corrected chi connectivity index (χ0v) is 7.84. The molecule has 0 saturated carbocycles. The van der Waals surface area contributed by atoms with Crippen molar-refractivity contribution < 1.29 is 4.79 Å². The second-order valence-corrected chi connectivity index (χ2v) is 2.94. The highest BCUT2D eigenvalue weighted by Crippen LogP contribution is 2.12. The molecule has 2 N–H and O–H groups in total. The van der Waals surface area contributed by atoms with Gasteiger partial charge in [0.25, 0.3) is 0 Å². The van der Waals surface area contributed by atoms with Crippen molar-refractivity contribution in [2.45, 2.75) is 0 Å². The van der Waals surface area contributed by atoms with E-state index in [0.29, 0.717) is 19.5 Å². The minimum Gasteiger partial charge on any atom is -0.383 e. The summed E-state index contributed by atoms with van der Waals surface area (Å²) in [5.74, 6) is 0. The van der Waals surface area contributed by atoms with Crippen LogP contribution in [0.15, 0.2) is 24.3 Å². The van der Waals surface area contributed by atoms with Crippen LogP contribution in [-0.2, 0) is 4.79 Å². The summed E-state index contributed by atoms with van der Waals surface area (Å²) in [5, 5.41) is 6.41. The lowest BCUT2D eigenvalue weighted by Crippen LogP contribution is -2.20. The van der Waals surface area contributed by atoms with Crippen molar-refractivity contribution in [1.82, 2.24) is 5.32 Å². The SMILES string of the molecule is O=CNCCNc1ccc(Cl)cc1. The van der Waals surface area contributed by atoms with Crippen LogP contribution < -0.4 is 10.6 Å². The zero-order valence-electron chi connectivity index (χ0n) is 7.09. The highest BCUT2D eigenvalue weighted by Gasteiger charge is 1.90. The lowest BCUT2D eigenvalue weighted by molar-refractivity contribution is -0.109. The second kappa shape index (κ2) is 5.43. The zero-order chi connectivity index (χ0) is 9.52. The molecule has 0 bridgehead atoms. The molecule has 13 heavy (non-hydrogen) atoms. The molecule has 0 fully saturated rings. The van der Waals surface area contributed by atoms with E-state index in [4.69, 9.17) is 11.6 Å². The van der Waals surface area contributed by atoms with E-state index in [0.717, 1.165) is 10.7 Å². The third-order valence-electron chi connectivity index (χ3n) is 1.53. The largest absolute Gasteiger partial charge is 0.383 e. The molecule has 1 aromatic carbocycles. The van der Waals surface area contributed by atoms with Crippen molar-refractivity contribution in [3.63, 3.8) is 0 Å². The quantitative estimate of drug-likeness (QED) is 0.556. The van der Waals surface area contributed by atoms with Gasteiger partial charge in [0.05, 0.1) is 0 Å². The van der Waals surface area contributed by atoms with Crippen LogP contribution >= 0.6 is 11.6 Å². The number of nitrogens with one attached hydrogen (secondary N) is 2. The minimum atomic E-state index is 0.617. The predicted octanol–water partition coefficient (Wildman–Crippen LogP) is 1.50. The Bertz CT molecular complexity index is 261. The number of rotatable bonds is 5. The summed E-state index contributed by atoms with van der Waals surface area (Å²) in [6, 6.07) is 7.42. The average molecular weight is 199 g/mol. The molecule has 0 aliphatic rings. The molecule has 0 radical (unpaired) electrons. The molecule has 0 spiro atoms. The highest BCUT2D eigenvalue weighted by molar-refractivity contribution is 6.30. The fraction of sp³-hybridized carbons (Fsp3) is 0.222. The van der Waals surface area contributed by atoms with Gasteiger partial charge in [-0.15, -0.1) is 0 Å². The summed E-state index contributed by atoms with van der Waals surface area (Å²) in [4.78, 5) is 9.90. The molecule has 1 rings (SSSR count). The van der Waals surface area contributed by atoms with Gasteiger partial charge in [-0.2, -0.15) is 0 Å². The molecule has 0 aromatic heterocycles. The maximum atomic E-state index is 9.90. The summed E-state index contributed by atoms with van der Waals surface area (Å²) in [6.45, 7) is 1.33. The Balaban J connectivity index is 2.28. The molecule has 0 atom stereocenters. The molecule has 1 aromatic rings. The van der Waals surface area contributed by atoms with Gasteiger partial charge in [0.1, 0.15) is 0 Å². The van der Waals surface area contributed by atoms with Crippen molar-refractivity contribution in [3.05, 3.63) is 29.3 Å². The van der Waals surface area contributed by atoms with Crippen molar-refractivity contribution in [3.8, 4) is 0 Å². The Hall–Kier alpha value is -1.22. The third-order valence-corrected chi connectivity index (χ3v) is 1.78. The summed E-state index contributed by atoms with van der Waals surface area (Å²) in [5.41, 5.74) is 0.997. The van der Waals surface area contributed by atoms with E-state index in [1.165, 1.54) is 0 Å². The van der Waals surface area contributed by atoms with Gasteiger partial charge < -0.3 is 10.6 Å². The Morgan fingerprint density at radius 2 is 1.92 bits per heavy atom. The normalized spacial score (nSPS) is 9.31. The minimum absolute atomic E-state index is 0.617. The number of hydrogen-bond donors (Lipinski definition) is 2. The Morgan fingerprint density at radius 3 is 2.54 bits per heavy atom. The Morgan fingerprint density at radius 1 is 1.23 bits per heavy atom. The van der Waals surface area contributed by atoms with Gasteiger partial charge in [-0.05, 0) is 24.3 Å². The first-order chi connectivity index (χ1) is 6.33. The third kappa shape index (κ3) is 3.80. The fourth-order valence-electron chi connectivity index (χ4n) is 0.906. The van der Waals surface area contributed by atoms with Gasteiger partial charge in [0.15, 0.2) is 0 Å². The van der Waals surface area contributed by atoms with Crippen LogP contribution in [0, 0.1) is 0 Å². The second-order valence-electron chi connectivity index (χ2n) is 2.51. The van der Waals surface area contributed by atoms with Gasteiger partial charge in [0.2, 0.25) is 6.41 Å². The van der Waals surface area contributed by atoms with Crippen LogP contribution in [0.4, 0.5) is 5.69 Å². The number of amides is 1. The number of anilines is 1. The molecule has 70 valence electrons. The van der Waals surface area contributed by atoms with Crippen molar-refractivity contribution >= 4 is 23.7 Å². The lowest BCUT2D eigenvalue weighted by Gasteiger charge is -2.04. The van der Waals surface area contributed by atoms with E-state index in [2.05, 4.69) is 10.6 Å². The molecule has 0 heterocycles. The fourth-order valence-corrected chi connectivity index (χ4v) is 1.03. The number of carbonyl (C=O) groups is 1. The average Bonchev–Trinajstić information content (AvgIpc) is 2.15. The summed E-state index contributed by atoms with van der Waals surface area (Å²) in [6.07, 6.45) is 0.684. The number of hydrogen-bond acceptors (Lipinski definition) is 2. The van der Waals surface area contributed by atoms with Crippen molar-refractivity contribution in [2.24, 2.45) is 0 Å². The lowest BCUT2D eigenvalue weighted by atomic mass is 10.3. The van der Waals surface area contributed by atoms with E-state index in [9.17, 15) is 4.79 Å². The molecule has 4 heteroatoms. The molecule has 0 aliphatic heterocycles. The monoisotopic (exact) mass is 198 g/mol. The van der Waals surface area contributed by atoms with E-state index in [-0.39, 0.29) is 0 Å². The van der Waals surface area contributed by atoms with Gasteiger partial charge in [-0.3, -0.25) is 4.79 Å². The van der Waals surface area contributed by atoms with Crippen LogP contribution in [-0.4, -0.2) is 19.5 Å². The molecular formula is C9H11ClN2O. The van der Waals surface area contributed by atoms with Gasteiger partial charge in [0, 0.05) is 23.8 Å². The molecule has 0 aliphatic carbocycles. The topological polar surface area (TPSA) is 41.1 Å². The number of benzene rings is 1. The predicted molar refractivity (Wildman–Crippen MR) is 54.0 cm³/mol. The highest BCUT2D eigenvalue weighted by atomic mass is 35.5. The first-order valence-electron chi connectivity index (χ1n) is 3.99. The maximum absolute atomic E-state index is 9.90. The molecule has 0 saturated heterocycles. The summed E-state index contributed by atoms with van der Waals surface area (Å²) < 4.78 is 0. The van der Waals surface area contributed by atoms with Crippen molar-refractivity contribution in [2.75, 3.05) is 18.4 Å². The molecule has 0 unspecified atom stereocenters. The van der Waals surface area contributed by atoms with Gasteiger partial charge in [-0.25, -0.2) is 0 Å². The van der Waals surface area contributed by atoms with E-state index >= 15 is 0 Å². The van der Waals surface area contributed by atoms with E-state index in [1.807, 2.05) is 24.3 Å². The van der Waals surface area contributed by atoms with Crippen LogP contribution in [0.1, 0.15) is 0 Å². The van der Waals surface area contributed by atoms with Gasteiger partial charge >= 0.3 is 0 Å². The Labute approximate surface area is 82.1 Å². The van der Waals surface area contributed by atoms with E-state index in [1.54, 1.807) is 0 Å². The standard InChI is InChI=1S/C9H11ClN2O/c10-8-1-3-9(4-2-8)12-6-5-11-7-13/h1-4,7,12H,5-6H2,(H,11,13). The summed E-state index contributed by atoms with van der Waals surface area (Å²) >= 11 is 5.71. The van der Waals surface area contributed by atoms with Gasteiger partial charge in [-0.1, -0.05) is 11.6 Å². The molecular weight excluding hydrogens is 188 g/mol. The first kappa shape index (κ1) is 9.86. The van der Waals surface area contributed by atoms with Crippen molar-refractivity contribution in [1.29, 1.82) is 0 Å². The molecule has 1 amide bonds. The van der Waals surface area contributed by atoms with Crippen LogP contribution in [0.25, 0.3) is 0 Å². The van der Waals surface area contributed by atoms with Crippen LogP contribution in [0.3, 0.4) is 0 Å². The summed E-state index contributed by atoms with van der Waals surface area (Å²) in [7, 11) is 0. The van der Waals surface area contributed by atoms with Crippen LogP contribution in [0.2, 0.25) is 5.02 Å². The number of halogens is 1. The number of carbonyl (C=O) groups excluding carboxylic acids is 1. The Kier molecular flexibility index (Phi) is 4.12. The smallest absolute Gasteiger partial charge is 0.207 e.